The molecule has 2 amide bonds. The lowest BCUT2D eigenvalue weighted by Gasteiger charge is -2.11. The van der Waals surface area contributed by atoms with Crippen LogP contribution in [0, 0.1) is 11.6 Å². The van der Waals surface area contributed by atoms with E-state index in [9.17, 15) is 18.4 Å². The van der Waals surface area contributed by atoms with Crippen LogP contribution in [-0.2, 0) is 16.0 Å². The summed E-state index contributed by atoms with van der Waals surface area (Å²) in [6.07, 6.45) is 0.904. The molecule has 0 bridgehead atoms. The Bertz CT molecular complexity index is 573. The first kappa shape index (κ1) is 14.1. The van der Waals surface area contributed by atoms with E-state index in [0.717, 1.165) is 12.1 Å². The van der Waals surface area contributed by atoms with Crippen molar-refractivity contribution in [2.45, 2.75) is 19.3 Å². The molecule has 0 saturated heterocycles. The van der Waals surface area contributed by atoms with Gasteiger partial charge in [-0.3, -0.25) is 9.59 Å². The molecule has 0 aliphatic carbocycles. The van der Waals surface area contributed by atoms with E-state index >= 15 is 0 Å². The van der Waals surface area contributed by atoms with Gasteiger partial charge in [-0.2, -0.15) is 5.10 Å². The van der Waals surface area contributed by atoms with Crippen LogP contribution in [-0.4, -0.2) is 24.1 Å². The van der Waals surface area contributed by atoms with Crippen molar-refractivity contribution >= 4 is 17.5 Å². The van der Waals surface area contributed by atoms with Crippen molar-refractivity contribution in [3.05, 3.63) is 35.4 Å². The second-order valence-corrected chi connectivity index (χ2v) is 4.35. The summed E-state index contributed by atoms with van der Waals surface area (Å²) in [5, 5.41) is 6.27. The maximum absolute atomic E-state index is 13.0. The van der Waals surface area contributed by atoms with Gasteiger partial charge in [0.2, 0.25) is 5.91 Å². The second-order valence-electron chi connectivity index (χ2n) is 4.35. The molecule has 0 atom stereocenters. The Labute approximate surface area is 114 Å². The summed E-state index contributed by atoms with van der Waals surface area (Å²) in [4.78, 5) is 22.6. The van der Waals surface area contributed by atoms with Gasteiger partial charge >= 0.3 is 0 Å². The summed E-state index contributed by atoms with van der Waals surface area (Å²) in [6.45, 7) is 0.275. The summed E-state index contributed by atoms with van der Waals surface area (Å²) in [7, 11) is 0. The number of hydrazone groups is 1. The van der Waals surface area contributed by atoms with E-state index in [-0.39, 0.29) is 30.5 Å². The Morgan fingerprint density at radius 1 is 1.30 bits per heavy atom. The van der Waals surface area contributed by atoms with Gasteiger partial charge in [0.15, 0.2) is 11.6 Å². The van der Waals surface area contributed by atoms with E-state index in [0.29, 0.717) is 18.4 Å². The lowest BCUT2D eigenvalue weighted by Crippen LogP contribution is -2.37. The summed E-state index contributed by atoms with van der Waals surface area (Å²) >= 11 is 0. The molecule has 7 heteroatoms. The topological polar surface area (TPSA) is 70.6 Å². The molecule has 0 spiro atoms. The van der Waals surface area contributed by atoms with E-state index in [1.54, 1.807) is 0 Å². The maximum atomic E-state index is 13.0. The van der Waals surface area contributed by atoms with Gasteiger partial charge in [-0.15, -0.1) is 0 Å². The minimum atomic E-state index is -0.909. The van der Waals surface area contributed by atoms with Crippen molar-refractivity contribution in [1.82, 2.24) is 10.7 Å². The first-order valence-electron chi connectivity index (χ1n) is 6.14. The number of halogens is 2. The van der Waals surface area contributed by atoms with Crippen LogP contribution in [0.1, 0.15) is 18.4 Å². The molecule has 1 aliphatic rings. The second kappa shape index (κ2) is 6.23. The smallest absolute Gasteiger partial charge is 0.267 e. The van der Waals surface area contributed by atoms with Crippen LogP contribution in [0.25, 0.3) is 0 Å². The molecule has 1 aromatic rings. The standard InChI is InChI=1S/C13H13F2N3O2/c14-9-2-1-8(7-10(9)15)5-6-16-13(20)11-3-4-12(19)18-17-11/h1-2,7H,3-6H2,(H,16,20)(H,18,19). The first-order valence-corrected chi connectivity index (χ1v) is 6.14. The van der Waals surface area contributed by atoms with Gasteiger partial charge in [-0.1, -0.05) is 6.07 Å². The molecule has 0 unspecified atom stereocenters. The Balaban J connectivity index is 1.82. The molecular weight excluding hydrogens is 268 g/mol. The number of nitrogens with one attached hydrogen (secondary N) is 2. The fourth-order valence-electron chi connectivity index (χ4n) is 1.76. The van der Waals surface area contributed by atoms with Crippen LogP contribution in [0.4, 0.5) is 8.78 Å². The molecule has 106 valence electrons. The van der Waals surface area contributed by atoms with Crippen LogP contribution < -0.4 is 10.7 Å². The monoisotopic (exact) mass is 281 g/mol. The van der Waals surface area contributed by atoms with E-state index in [1.165, 1.54) is 6.07 Å². The zero-order valence-electron chi connectivity index (χ0n) is 10.6. The number of hydrogen-bond acceptors (Lipinski definition) is 3. The average Bonchev–Trinajstić information content (AvgIpc) is 2.43. The molecule has 2 N–H and O–H groups in total. The van der Waals surface area contributed by atoms with Crippen molar-refractivity contribution in [2.75, 3.05) is 6.54 Å². The van der Waals surface area contributed by atoms with Gasteiger partial charge in [0.05, 0.1) is 0 Å². The van der Waals surface area contributed by atoms with Crippen LogP contribution in [0.5, 0.6) is 0 Å². The largest absolute Gasteiger partial charge is 0.351 e. The lowest BCUT2D eigenvalue weighted by molar-refractivity contribution is -0.121. The van der Waals surface area contributed by atoms with Crippen molar-refractivity contribution < 1.29 is 18.4 Å². The Hall–Kier alpha value is -2.31. The lowest BCUT2D eigenvalue weighted by atomic mass is 10.1. The average molecular weight is 281 g/mol. The molecule has 2 rings (SSSR count). The number of amides is 2. The number of benzene rings is 1. The SMILES string of the molecule is O=C1CCC(C(=O)NCCc2ccc(F)c(F)c2)=NN1. The summed E-state index contributed by atoms with van der Waals surface area (Å²) in [6, 6.07) is 3.61. The first-order chi connectivity index (χ1) is 9.56. The van der Waals surface area contributed by atoms with Gasteiger partial charge in [-0.25, -0.2) is 14.2 Å². The quantitative estimate of drug-likeness (QED) is 0.860. The van der Waals surface area contributed by atoms with E-state index < -0.39 is 11.6 Å². The molecule has 0 aromatic heterocycles. The van der Waals surface area contributed by atoms with Gasteiger partial charge < -0.3 is 5.32 Å². The minimum absolute atomic E-state index is 0.219. The molecule has 0 radical (unpaired) electrons. The molecule has 1 aromatic carbocycles. The van der Waals surface area contributed by atoms with Crippen molar-refractivity contribution in [2.24, 2.45) is 5.10 Å². The third kappa shape index (κ3) is 3.59. The number of carbonyl (C=O) groups excluding carboxylic acids is 2. The Kier molecular flexibility index (Phi) is 4.39. The van der Waals surface area contributed by atoms with E-state index in [2.05, 4.69) is 15.8 Å². The molecule has 5 nitrogen and oxygen atoms in total. The van der Waals surface area contributed by atoms with Crippen molar-refractivity contribution in [3.8, 4) is 0 Å². The third-order valence-electron chi connectivity index (χ3n) is 2.85. The van der Waals surface area contributed by atoms with Crippen LogP contribution in [0.15, 0.2) is 23.3 Å². The highest BCUT2D eigenvalue weighted by atomic mass is 19.2. The molecule has 20 heavy (non-hydrogen) atoms. The fourth-order valence-corrected chi connectivity index (χ4v) is 1.76. The molecule has 0 saturated carbocycles. The van der Waals surface area contributed by atoms with Crippen molar-refractivity contribution in [1.29, 1.82) is 0 Å². The maximum Gasteiger partial charge on any atom is 0.267 e. The van der Waals surface area contributed by atoms with Gasteiger partial charge in [0.1, 0.15) is 5.71 Å². The highest BCUT2D eigenvalue weighted by molar-refractivity contribution is 6.39. The van der Waals surface area contributed by atoms with E-state index in [1.807, 2.05) is 0 Å². The van der Waals surface area contributed by atoms with Crippen molar-refractivity contribution in [3.63, 3.8) is 0 Å². The summed E-state index contributed by atoms with van der Waals surface area (Å²) in [5.41, 5.74) is 3.08. The molecule has 0 fully saturated rings. The zero-order chi connectivity index (χ0) is 14.5. The number of nitrogens with zero attached hydrogens (tertiary/aromatic N) is 1. The molecular formula is C13H13F2N3O2. The number of rotatable bonds is 4. The Morgan fingerprint density at radius 2 is 2.10 bits per heavy atom. The highest BCUT2D eigenvalue weighted by Gasteiger charge is 2.17. The Morgan fingerprint density at radius 3 is 2.75 bits per heavy atom. The number of hydrogen-bond donors (Lipinski definition) is 2. The predicted octanol–water partition coefficient (Wildman–Crippen LogP) is 0.889. The van der Waals surface area contributed by atoms with E-state index in [4.69, 9.17) is 0 Å². The van der Waals surface area contributed by atoms with Gasteiger partial charge in [-0.05, 0) is 24.1 Å². The third-order valence-corrected chi connectivity index (χ3v) is 2.85. The van der Waals surface area contributed by atoms with Gasteiger partial charge in [0.25, 0.3) is 5.91 Å². The van der Waals surface area contributed by atoms with Crippen LogP contribution in [0.2, 0.25) is 0 Å². The molecule has 1 aliphatic heterocycles. The normalized spacial score (nSPS) is 14.5. The minimum Gasteiger partial charge on any atom is -0.351 e. The predicted molar refractivity (Wildman–Crippen MR) is 67.9 cm³/mol. The van der Waals surface area contributed by atoms with Crippen LogP contribution >= 0.6 is 0 Å². The number of carbonyl (C=O) groups is 2. The molecule has 1 heterocycles. The highest BCUT2D eigenvalue weighted by Crippen LogP contribution is 2.08. The van der Waals surface area contributed by atoms with Crippen LogP contribution in [0.3, 0.4) is 0 Å². The zero-order valence-corrected chi connectivity index (χ0v) is 10.6. The summed E-state index contributed by atoms with van der Waals surface area (Å²) in [5.74, 6) is -2.39. The summed E-state index contributed by atoms with van der Waals surface area (Å²) < 4.78 is 25.7. The fraction of sp³-hybridized carbons (Fsp3) is 0.308. The van der Waals surface area contributed by atoms with Gasteiger partial charge in [0, 0.05) is 19.4 Å².